The van der Waals surface area contributed by atoms with Crippen LogP contribution in [-0.2, 0) is 0 Å². The Labute approximate surface area is 44.6 Å². The molecular formula is C4H12ClP. The SMILES string of the molecule is CP(C)(C)(C)Cl. The van der Waals surface area contributed by atoms with Crippen LogP contribution in [0.1, 0.15) is 0 Å². The molecule has 0 saturated carbocycles. The molecule has 0 N–H and O–H groups in total. The maximum absolute atomic E-state index is 5.92. The summed E-state index contributed by atoms with van der Waals surface area (Å²) in [5, 5.41) is 0. The van der Waals surface area contributed by atoms with Gasteiger partial charge in [-0.2, -0.15) is 0 Å². The second-order valence-electron chi connectivity index (χ2n) is 3.36. The third-order valence-corrected chi connectivity index (χ3v) is 0. The van der Waals surface area contributed by atoms with Gasteiger partial charge in [0.05, 0.1) is 0 Å². The average Bonchev–Trinajstić information content (AvgIpc) is 0.650. The molecule has 0 rings (SSSR count). The van der Waals surface area contributed by atoms with Crippen LogP contribution in [0.4, 0.5) is 0 Å². The van der Waals surface area contributed by atoms with Crippen LogP contribution in [0.15, 0.2) is 0 Å². The molecule has 0 aromatic heterocycles. The Morgan fingerprint density at radius 3 is 1.00 bits per heavy atom. The Balaban J connectivity index is 3.73. The van der Waals surface area contributed by atoms with Crippen molar-refractivity contribution in [1.29, 1.82) is 0 Å². The van der Waals surface area contributed by atoms with Crippen molar-refractivity contribution in [2.45, 2.75) is 0 Å². The van der Waals surface area contributed by atoms with Crippen LogP contribution >= 0.6 is 17.2 Å². The van der Waals surface area contributed by atoms with Crippen molar-refractivity contribution < 1.29 is 0 Å². The summed E-state index contributed by atoms with van der Waals surface area (Å²) >= 11 is 5.92. The van der Waals surface area contributed by atoms with Crippen LogP contribution in [0.3, 0.4) is 0 Å². The summed E-state index contributed by atoms with van der Waals surface area (Å²) < 4.78 is 0. The molecule has 0 fully saturated rings. The summed E-state index contributed by atoms with van der Waals surface area (Å²) in [5.74, 6) is -1.58. The molecule has 0 amide bonds. The monoisotopic (exact) mass is 126 g/mol. The molecular weight excluding hydrogens is 114 g/mol. The van der Waals surface area contributed by atoms with E-state index in [9.17, 15) is 0 Å². The van der Waals surface area contributed by atoms with Crippen molar-refractivity contribution >= 4 is 17.2 Å². The third-order valence-electron chi connectivity index (χ3n) is 0. The van der Waals surface area contributed by atoms with Gasteiger partial charge in [0, 0.05) is 0 Å². The molecule has 2 heteroatoms. The number of hydrogen-bond donors (Lipinski definition) is 0. The predicted octanol–water partition coefficient (Wildman–Crippen LogP) is 2.21. The zero-order valence-electron chi connectivity index (χ0n) is 4.83. The number of hydrogen-bond acceptors (Lipinski definition) is 0. The Bertz CT molecular complexity index is 40.7. The molecule has 0 aliphatic heterocycles. The second-order valence-corrected chi connectivity index (χ2v) is 14.1. The fraction of sp³-hybridized carbons (Fsp3) is 1.00. The Morgan fingerprint density at radius 2 is 1.00 bits per heavy atom. The van der Waals surface area contributed by atoms with Crippen LogP contribution in [0.25, 0.3) is 0 Å². The van der Waals surface area contributed by atoms with E-state index in [-0.39, 0.29) is 0 Å². The van der Waals surface area contributed by atoms with Crippen molar-refractivity contribution in [1.82, 2.24) is 0 Å². The van der Waals surface area contributed by atoms with Gasteiger partial charge in [-0.25, -0.2) is 0 Å². The molecule has 0 aliphatic carbocycles. The number of halogens is 1. The first-order chi connectivity index (χ1) is 2.24. The van der Waals surface area contributed by atoms with Gasteiger partial charge in [0.2, 0.25) is 0 Å². The van der Waals surface area contributed by atoms with Gasteiger partial charge in [-0.1, -0.05) is 0 Å². The molecule has 0 radical (unpaired) electrons. The summed E-state index contributed by atoms with van der Waals surface area (Å²) in [6, 6.07) is 0. The van der Waals surface area contributed by atoms with Crippen LogP contribution in [0.5, 0.6) is 0 Å². The molecule has 0 aromatic rings. The number of rotatable bonds is 0. The van der Waals surface area contributed by atoms with E-state index in [0.29, 0.717) is 0 Å². The molecule has 0 atom stereocenters. The molecule has 6 heavy (non-hydrogen) atoms. The predicted molar refractivity (Wildman–Crippen MR) is 36.5 cm³/mol. The van der Waals surface area contributed by atoms with Gasteiger partial charge in [-0.15, -0.1) is 0 Å². The van der Waals surface area contributed by atoms with Gasteiger partial charge in [0.15, 0.2) is 0 Å². The Hall–Kier alpha value is 0.720. The summed E-state index contributed by atoms with van der Waals surface area (Å²) in [7, 11) is 0. The molecule has 0 bridgehead atoms. The zero-order valence-corrected chi connectivity index (χ0v) is 6.48. The molecule has 0 spiro atoms. The van der Waals surface area contributed by atoms with E-state index in [1.165, 1.54) is 0 Å². The van der Waals surface area contributed by atoms with Gasteiger partial charge in [-0.3, -0.25) is 0 Å². The van der Waals surface area contributed by atoms with Crippen LogP contribution in [0, 0.1) is 0 Å². The summed E-state index contributed by atoms with van der Waals surface area (Å²) in [6.45, 7) is 8.42. The molecule has 0 saturated heterocycles. The van der Waals surface area contributed by atoms with Gasteiger partial charge in [0.1, 0.15) is 0 Å². The minimum absolute atomic E-state index is 1.58. The molecule has 0 aliphatic rings. The Kier molecular flexibility index (Phi) is 1.24. The first-order valence-electron chi connectivity index (χ1n) is 1.96. The molecule has 0 nitrogen and oxygen atoms in total. The Morgan fingerprint density at radius 1 is 1.00 bits per heavy atom. The molecule has 0 aromatic carbocycles. The zero-order chi connectivity index (χ0) is 5.45. The van der Waals surface area contributed by atoms with Crippen LogP contribution in [-0.4, -0.2) is 26.7 Å². The van der Waals surface area contributed by atoms with E-state index in [1.54, 1.807) is 0 Å². The quantitative estimate of drug-likeness (QED) is 0.437. The van der Waals surface area contributed by atoms with Crippen LogP contribution < -0.4 is 0 Å². The van der Waals surface area contributed by atoms with E-state index in [4.69, 9.17) is 11.2 Å². The van der Waals surface area contributed by atoms with Crippen molar-refractivity contribution in [2.24, 2.45) is 0 Å². The van der Waals surface area contributed by atoms with Crippen LogP contribution in [0.2, 0.25) is 0 Å². The van der Waals surface area contributed by atoms with E-state index in [0.717, 1.165) is 0 Å². The summed E-state index contributed by atoms with van der Waals surface area (Å²) in [5.41, 5.74) is 0. The maximum atomic E-state index is 5.92. The third kappa shape index (κ3) is 126. The molecule has 40 valence electrons. The molecule has 0 unspecified atom stereocenters. The van der Waals surface area contributed by atoms with Gasteiger partial charge in [-0.05, 0) is 0 Å². The second kappa shape index (κ2) is 1.11. The summed E-state index contributed by atoms with van der Waals surface area (Å²) in [6.07, 6.45) is 0. The average molecular weight is 127 g/mol. The van der Waals surface area contributed by atoms with Gasteiger partial charge < -0.3 is 0 Å². The van der Waals surface area contributed by atoms with Gasteiger partial charge >= 0.3 is 43.9 Å². The normalized spacial score (nSPS) is 19.2. The first-order valence-corrected chi connectivity index (χ1v) is 6.89. The standard InChI is InChI=1S/C4H12ClP/c1-6(2,3,4)5/h1-4H3. The fourth-order valence-electron chi connectivity index (χ4n) is 0. The van der Waals surface area contributed by atoms with E-state index in [1.807, 2.05) is 0 Å². The minimum atomic E-state index is -1.58. The van der Waals surface area contributed by atoms with E-state index in [2.05, 4.69) is 26.7 Å². The van der Waals surface area contributed by atoms with E-state index < -0.39 is 5.96 Å². The van der Waals surface area contributed by atoms with E-state index >= 15 is 0 Å². The topological polar surface area (TPSA) is 0 Å². The van der Waals surface area contributed by atoms with Gasteiger partial charge in [0.25, 0.3) is 0 Å². The molecule has 0 heterocycles. The van der Waals surface area contributed by atoms with Crippen molar-refractivity contribution in [3.05, 3.63) is 0 Å². The van der Waals surface area contributed by atoms with Crippen molar-refractivity contribution in [3.63, 3.8) is 0 Å². The van der Waals surface area contributed by atoms with Crippen molar-refractivity contribution in [3.8, 4) is 0 Å². The fourth-order valence-corrected chi connectivity index (χ4v) is 0. The van der Waals surface area contributed by atoms with Crippen molar-refractivity contribution in [2.75, 3.05) is 26.7 Å². The summed E-state index contributed by atoms with van der Waals surface area (Å²) in [4.78, 5) is 0. The first kappa shape index (κ1) is 6.72.